The van der Waals surface area contributed by atoms with Crippen molar-refractivity contribution in [3.8, 4) is 11.3 Å². The Morgan fingerprint density at radius 3 is 2.68 bits per heavy atom. The normalized spacial score (nSPS) is 22.9. The van der Waals surface area contributed by atoms with Crippen LogP contribution >= 0.6 is 11.6 Å². The van der Waals surface area contributed by atoms with E-state index in [0.717, 1.165) is 29.2 Å². The summed E-state index contributed by atoms with van der Waals surface area (Å²) in [5.74, 6) is -0.553. The lowest BCUT2D eigenvalue weighted by atomic mass is 10.1. The molecule has 4 atom stereocenters. The number of aliphatic hydroxyl groups is 2. The summed E-state index contributed by atoms with van der Waals surface area (Å²) in [5, 5.41) is 27.4. The minimum atomic E-state index is -4.52. The summed E-state index contributed by atoms with van der Waals surface area (Å²) in [6.07, 6.45) is -7.90. The molecule has 0 aliphatic carbocycles. The first kappa shape index (κ1) is 24.2. The molecule has 3 aromatic rings. The van der Waals surface area contributed by atoms with Crippen molar-refractivity contribution in [3.05, 3.63) is 58.8 Å². The minimum Gasteiger partial charge on any atom is -0.460 e. The van der Waals surface area contributed by atoms with Crippen LogP contribution in [0.5, 0.6) is 0 Å². The molecule has 14 heteroatoms. The Morgan fingerprint density at radius 1 is 1.24 bits per heavy atom. The number of primary amides is 1. The molecule has 1 aromatic carbocycles. The van der Waals surface area contributed by atoms with Gasteiger partial charge in [0, 0.05) is 12.1 Å². The fraction of sp³-hybridized carbons (Fsp3) is 0.350. The van der Waals surface area contributed by atoms with E-state index < -0.39 is 42.2 Å². The number of rotatable bonds is 7. The summed E-state index contributed by atoms with van der Waals surface area (Å²) in [6.45, 7) is 0.242. The van der Waals surface area contributed by atoms with Gasteiger partial charge in [0.15, 0.2) is 6.23 Å². The van der Waals surface area contributed by atoms with Gasteiger partial charge in [0.1, 0.15) is 36.2 Å². The van der Waals surface area contributed by atoms with Gasteiger partial charge < -0.3 is 30.4 Å². The molecular formula is C20H19ClF3N5O5. The van der Waals surface area contributed by atoms with Gasteiger partial charge in [0.05, 0.1) is 17.1 Å². The van der Waals surface area contributed by atoms with Crippen molar-refractivity contribution in [1.82, 2.24) is 20.1 Å². The maximum absolute atomic E-state index is 13.0. The number of aliphatic hydroxyl groups excluding tert-OH is 2. The summed E-state index contributed by atoms with van der Waals surface area (Å²) in [6, 6.07) is 6.03. The predicted octanol–water partition coefficient (Wildman–Crippen LogP) is 1.72. The highest BCUT2D eigenvalue weighted by Crippen LogP contribution is 2.36. The standard InChI is InChI=1S/C20H19ClF3N5O5/c21-12-3-1-9(20(22,23)24)5-11(12)13-4-2-10(33-13)6-26-7-14-15(30)16(31)19(34-14)29-8-27-18(28-29)17(25)32/h1-5,8,14-16,19,26,30-31H,6-7H2,(H2,25,32)/t14-,15-,16-,19-/m1/s1. The second-order valence-corrected chi connectivity index (χ2v) is 7.96. The molecule has 0 spiro atoms. The molecule has 1 aliphatic heterocycles. The number of hydrogen-bond acceptors (Lipinski definition) is 8. The molecule has 34 heavy (non-hydrogen) atoms. The maximum Gasteiger partial charge on any atom is 0.416 e. The Hall–Kier alpha value is -2.97. The van der Waals surface area contributed by atoms with Crippen LogP contribution in [-0.2, 0) is 17.5 Å². The van der Waals surface area contributed by atoms with Crippen molar-refractivity contribution in [2.24, 2.45) is 5.73 Å². The van der Waals surface area contributed by atoms with Gasteiger partial charge in [-0.3, -0.25) is 4.79 Å². The third-order valence-electron chi connectivity index (χ3n) is 5.19. The topological polar surface area (TPSA) is 149 Å². The number of nitrogens with one attached hydrogen (secondary N) is 1. The zero-order chi connectivity index (χ0) is 24.6. The third-order valence-corrected chi connectivity index (χ3v) is 5.52. The minimum absolute atomic E-state index is 0.0897. The van der Waals surface area contributed by atoms with Gasteiger partial charge in [-0.05, 0) is 30.3 Å². The van der Waals surface area contributed by atoms with Crippen LogP contribution < -0.4 is 11.1 Å². The van der Waals surface area contributed by atoms with Crippen LogP contribution in [0.3, 0.4) is 0 Å². The van der Waals surface area contributed by atoms with Crippen LogP contribution in [0.4, 0.5) is 13.2 Å². The van der Waals surface area contributed by atoms with Gasteiger partial charge in [0.2, 0.25) is 5.82 Å². The molecule has 2 aromatic heterocycles. The van der Waals surface area contributed by atoms with Crippen molar-refractivity contribution < 1.29 is 37.3 Å². The molecular weight excluding hydrogens is 483 g/mol. The average molecular weight is 502 g/mol. The molecule has 0 unspecified atom stereocenters. The number of amides is 1. The fourth-order valence-electron chi connectivity index (χ4n) is 3.47. The molecule has 0 bridgehead atoms. The first-order chi connectivity index (χ1) is 16.0. The second-order valence-electron chi connectivity index (χ2n) is 7.55. The molecule has 0 radical (unpaired) electrons. The molecule has 4 rings (SSSR count). The summed E-state index contributed by atoms with van der Waals surface area (Å²) in [5.41, 5.74) is 4.36. The highest BCUT2D eigenvalue weighted by Gasteiger charge is 2.44. The van der Waals surface area contributed by atoms with E-state index in [2.05, 4.69) is 15.4 Å². The number of carbonyl (C=O) groups is 1. The van der Waals surface area contributed by atoms with E-state index in [0.29, 0.717) is 5.76 Å². The molecule has 1 saturated heterocycles. The Labute approximate surface area is 195 Å². The van der Waals surface area contributed by atoms with E-state index in [1.54, 1.807) is 6.07 Å². The smallest absolute Gasteiger partial charge is 0.416 e. The van der Waals surface area contributed by atoms with E-state index in [-0.39, 0.29) is 35.3 Å². The van der Waals surface area contributed by atoms with E-state index in [1.807, 2.05) is 0 Å². The highest BCUT2D eigenvalue weighted by molar-refractivity contribution is 6.33. The summed E-state index contributed by atoms with van der Waals surface area (Å²) in [7, 11) is 0. The predicted molar refractivity (Wildman–Crippen MR) is 110 cm³/mol. The number of hydrogen-bond donors (Lipinski definition) is 4. The molecule has 5 N–H and O–H groups in total. The fourth-order valence-corrected chi connectivity index (χ4v) is 3.68. The number of furan rings is 1. The summed E-state index contributed by atoms with van der Waals surface area (Å²) >= 11 is 6.05. The number of halogens is 4. The van der Waals surface area contributed by atoms with Crippen molar-refractivity contribution in [1.29, 1.82) is 0 Å². The van der Waals surface area contributed by atoms with Gasteiger partial charge in [-0.2, -0.15) is 13.2 Å². The van der Waals surface area contributed by atoms with E-state index >= 15 is 0 Å². The number of aromatic nitrogens is 3. The monoisotopic (exact) mass is 501 g/mol. The lowest BCUT2D eigenvalue weighted by molar-refractivity contribution is -0.137. The molecule has 3 heterocycles. The van der Waals surface area contributed by atoms with Crippen molar-refractivity contribution in [2.75, 3.05) is 6.54 Å². The zero-order valence-corrected chi connectivity index (χ0v) is 18.0. The quantitative estimate of drug-likeness (QED) is 0.382. The van der Waals surface area contributed by atoms with Crippen molar-refractivity contribution >= 4 is 17.5 Å². The maximum atomic E-state index is 13.0. The van der Waals surface area contributed by atoms with Crippen molar-refractivity contribution in [2.45, 2.75) is 37.3 Å². The van der Waals surface area contributed by atoms with Gasteiger partial charge in [-0.1, -0.05) is 11.6 Å². The van der Waals surface area contributed by atoms with Crippen LogP contribution in [0.15, 0.2) is 41.1 Å². The largest absolute Gasteiger partial charge is 0.460 e. The van der Waals surface area contributed by atoms with Crippen LogP contribution in [0, 0.1) is 0 Å². The number of nitrogens with zero attached hydrogens (tertiary/aromatic N) is 3. The molecule has 1 aliphatic rings. The Morgan fingerprint density at radius 2 is 2.00 bits per heavy atom. The molecule has 1 amide bonds. The lowest BCUT2D eigenvalue weighted by Crippen LogP contribution is -2.37. The third kappa shape index (κ3) is 4.93. The van der Waals surface area contributed by atoms with Crippen LogP contribution in [0.25, 0.3) is 11.3 Å². The number of alkyl halides is 3. The van der Waals surface area contributed by atoms with Gasteiger partial charge in [-0.15, -0.1) is 5.10 Å². The second kappa shape index (κ2) is 9.35. The van der Waals surface area contributed by atoms with Crippen LogP contribution in [-0.4, -0.2) is 55.7 Å². The van der Waals surface area contributed by atoms with Gasteiger partial charge in [0.25, 0.3) is 5.91 Å². The van der Waals surface area contributed by atoms with Gasteiger partial charge >= 0.3 is 6.18 Å². The molecule has 10 nitrogen and oxygen atoms in total. The first-order valence-electron chi connectivity index (χ1n) is 9.93. The van der Waals surface area contributed by atoms with Gasteiger partial charge in [-0.25, -0.2) is 9.67 Å². The summed E-state index contributed by atoms with van der Waals surface area (Å²) in [4.78, 5) is 14.8. The van der Waals surface area contributed by atoms with E-state index in [9.17, 15) is 28.2 Å². The summed E-state index contributed by atoms with van der Waals surface area (Å²) < 4.78 is 51.3. The molecule has 1 fully saturated rings. The first-order valence-corrected chi connectivity index (χ1v) is 10.3. The van der Waals surface area contributed by atoms with Crippen LogP contribution in [0.2, 0.25) is 5.02 Å². The number of nitrogens with two attached hydrogens (primary N) is 1. The SMILES string of the molecule is NC(=O)c1ncn([C@@H]2O[C@H](CNCc3ccc(-c4cc(C(F)(F)F)ccc4Cl)o3)[C@@H](O)[C@H]2O)n1. The number of benzene rings is 1. The Balaban J connectivity index is 1.37. The Kier molecular flexibility index (Phi) is 6.64. The Bertz CT molecular complexity index is 1180. The lowest BCUT2D eigenvalue weighted by Gasteiger charge is -2.14. The average Bonchev–Trinajstić information content (AvgIpc) is 3.49. The van der Waals surface area contributed by atoms with Crippen molar-refractivity contribution in [3.63, 3.8) is 0 Å². The number of carbonyl (C=O) groups excluding carboxylic acids is 1. The molecule has 182 valence electrons. The zero-order valence-electron chi connectivity index (χ0n) is 17.2. The highest BCUT2D eigenvalue weighted by atomic mass is 35.5. The molecule has 0 saturated carbocycles. The van der Waals surface area contributed by atoms with Crippen LogP contribution in [0.1, 0.15) is 28.2 Å². The number of ether oxygens (including phenoxy) is 1. The van der Waals surface area contributed by atoms with E-state index in [4.69, 9.17) is 26.5 Å². The van der Waals surface area contributed by atoms with E-state index in [1.165, 1.54) is 6.07 Å².